The summed E-state index contributed by atoms with van der Waals surface area (Å²) >= 11 is 3.34. The molecule has 2 N–H and O–H groups in total. The van der Waals surface area contributed by atoms with Crippen LogP contribution in [0.15, 0.2) is 21.7 Å². The van der Waals surface area contributed by atoms with Gasteiger partial charge in [0.15, 0.2) is 0 Å². The molecule has 0 amide bonds. The molecule has 1 heterocycles. The summed E-state index contributed by atoms with van der Waals surface area (Å²) < 4.78 is 0.930. The van der Waals surface area contributed by atoms with Gasteiger partial charge in [-0.2, -0.15) is 0 Å². The number of hydrogen-bond donors (Lipinski definition) is 1. The minimum atomic E-state index is 0.526. The predicted octanol–water partition coefficient (Wildman–Crippen LogP) is 2.01. The van der Waals surface area contributed by atoms with Gasteiger partial charge < -0.3 is 5.73 Å². The summed E-state index contributed by atoms with van der Waals surface area (Å²) in [5, 5.41) is 0. The van der Waals surface area contributed by atoms with Crippen molar-refractivity contribution in [3.8, 4) is 0 Å². The molecule has 0 saturated heterocycles. The van der Waals surface area contributed by atoms with E-state index in [4.69, 9.17) is 5.73 Å². The normalized spacial score (nSPS) is 16.7. The lowest BCUT2D eigenvalue weighted by molar-refractivity contribution is 1.08. The van der Waals surface area contributed by atoms with Crippen LogP contribution < -0.4 is 5.73 Å². The molecule has 13 heavy (non-hydrogen) atoms. The Labute approximate surface area is 85.2 Å². The fourth-order valence-corrected chi connectivity index (χ4v) is 1.33. The van der Waals surface area contributed by atoms with Crippen LogP contribution in [0.2, 0.25) is 0 Å². The van der Waals surface area contributed by atoms with Gasteiger partial charge in [0, 0.05) is 22.4 Å². The molecule has 0 radical (unpaired) electrons. The monoisotopic (exact) mass is 239 g/mol. The van der Waals surface area contributed by atoms with Gasteiger partial charge in [-0.1, -0.05) is 0 Å². The lowest BCUT2D eigenvalue weighted by atomic mass is 10.3. The Morgan fingerprint density at radius 3 is 3.08 bits per heavy atom. The van der Waals surface area contributed by atoms with Gasteiger partial charge in [-0.3, -0.25) is 4.99 Å². The number of aromatic nitrogens is 1. The SMILES string of the molecule is Nc1ncc(Br)cc1C=NC1CC1. The van der Waals surface area contributed by atoms with Crippen LogP contribution in [0.4, 0.5) is 5.82 Å². The van der Waals surface area contributed by atoms with E-state index < -0.39 is 0 Å². The second-order valence-corrected chi connectivity index (χ2v) is 4.05. The molecule has 1 saturated carbocycles. The zero-order valence-electron chi connectivity index (χ0n) is 7.07. The Morgan fingerprint density at radius 2 is 2.38 bits per heavy atom. The average molecular weight is 240 g/mol. The number of anilines is 1. The Morgan fingerprint density at radius 1 is 1.62 bits per heavy atom. The number of nitrogen functional groups attached to an aromatic ring is 1. The van der Waals surface area contributed by atoms with Gasteiger partial charge in [0.1, 0.15) is 5.82 Å². The highest BCUT2D eigenvalue weighted by Crippen LogP contribution is 2.23. The molecule has 0 aromatic carbocycles. The van der Waals surface area contributed by atoms with E-state index in [0.29, 0.717) is 11.9 Å². The highest BCUT2D eigenvalue weighted by Gasteiger charge is 2.18. The number of nitrogens with zero attached hydrogens (tertiary/aromatic N) is 2. The van der Waals surface area contributed by atoms with E-state index in [1.165, 1.54) is 12.8 Å². The molecule has 2 rings (SSSR count). The van der Waals surface area contributed by atoms with Crippen molar-refractivity contribution in [2.45, 2.75) is 18.9 Å². The van der Waals surface area contributed by atoms with E-state index in [-0.39, 0.29) is 0 Å². The van der Waals surface area contributed by atoms with Gasteiger partial charge in [-0.05, 0) is 34.8 Å². The van der Waals surface area contributed by atoms with Crippen LogP contribution in [0.25, 0.3) is 0 Å². The van der Waals surface area contributed by atoms with Crippen molar-refractivity contribution >= 4 is 28.0 Å². The van der Waals surface area contributed by atoms with Crippen LogP contribution in [-0.4, -0.2) is 17.2 Å². The van der Waals surface area contributed by atoms with Crippen LogP contribution in [0, 0.1) is 0 Å². The van der Waals surface area contributed by atoms with E-state index in [0.717, 1.165) is 10.0 Å². The minimum absolute atomic E-state index is 0.526. The third-order valence-electron chi connectivity index (χ3n) is 1.89. The molecule has 1 aliphatic rings. The first kappa shape index (κ1) is 8.69. The molecule has 1 aliphatic carbocycles. The number of aliphatic imine (C=N–C) groups is 1. The maximum atomic E-state index is 5.67. The van der Waals surface area contributed by atoms with Gasteiger partial charge in [-0.15, -0.1) is 0 Å². The third kappa shape index (κ3) is 2.28. The first-order valence-corrected chi connectivity index (χ1v) is 4.99. The molecule has 1 fully saturated rings. The molecule has 0 unspecified atom stereocenters. The standard InChI is InChI=1S/C9H10BrN3/c10-7-3-6(9(11)13-5-7)4-12-8-1-2-8/h3-5,8H,1-2H2,(H2,11,13). The van der Waals surface area contributed by atoms with Gasteiger partial charge in [0.25, 0.3) is 0 Å². The summed E-state index contributed by atoms with van der Waals surface area (Å²) in [7, 11) is 0. The molecule has 1 aromatic heterocycles. The average Bonchev–Trinajstić information content (AvgIpc) is 2.90. The Hall–Kier alpha value is -0.900. The summed E-state index contributed by atoms with van der Waals surface area (Å²) in [6, 6.07) is 2.45. The summed E-state index contributed by atoms with van der Waals surface area (Å²) in [6.07, 6.45) is 5.91. The van der Waals surface area contributed by atoms with Crippen LogP contribution in [-0.2, 0) is 0 Å². The van der Waals surface area contributed by atoms with Crippen molar-refractivity contribution in [1.29, 1.82) is 0 Å². The second kappa shape index (κ2) is 3.46. The van der Waals surface area contributed by atoms with Gasteiger partial charge in [0.2, 0.25) is 0 Å². The van der Waals surface area contributed by atoms with E-state index in [2.05, 4.69) is 25.9 Å². The Balaban J connectivity index is 2.21. The fraction of sp³-hybridized carbons (Fsp3) is 0.333. The lowest BCUT2D eigenvalue weighted by Crippen LogP contribution is -1.96. The van der Waals surface area contributed by atoms with E-state index in [1.807, 2.05) is 12.3 Å². The Bertz CT molecular complexity index is 345. The molecule has 0 atom stereocenters. The Kier molecular flexibility index (Phi) is 2.31. The first-order chi connectivity index (χ1) is 6.25. The quantitative estimate of drug-likeness (QED) is 0.804. The molecule has 68 valence electrons. The fourth-order valence-electron chi connectivity index (χ4n) is 0.978. The van der Waals surface area contributed by atoms with Gasteiger partial charge in [0.05, 0.1) is 6.04 Å². The zero-order valence-corrected chi connectivity index (χ0v) is 8.66. The highest BCUT2D eigenvalue weighted by atomic mass is 79.9. The number of nitrogens with two attached hydrogens (primary N) is 1. The topological polar surface area (TPSA) is 51.3 Å². The maximum absolute atomic E-state index is 5.67. The van der Waals surface area contributed by atoms with Crippen molar-refractivity contribution in [2.75, 3.05) is 5.73 Å². The van der Waals surface area contributed by atoms with Crippen LogP contribution in [0.1, 0.15) is 18.4 Å². The molecular formula is C9H10BrN3. The first-order valence-electron chi connectivity index (χ1n) is 4.20. The number of rotatable bonds is 2. The summed E-state index contributed by atoms with van der Waals surface area (Å²) in [6.45, 7) is 0. The molecule has 1 aromatic rings. The molecule has 0 spiro atoms. The van der Waals surface area contributed by atoms with Gasteiger partial charge >= 0.3 is 0 Å². The molecule has 0 bridgehead atoms. The van der Waals surface area contributed by atoms with Crippen LogP contribution in [0.3, 0.4) is 0 Å². The van der Waals surface area contributed by atoms with Crippen molar-refractivity contribution in [2.24, 2.45) is 4.99 Å². The number of pyridine rings is 1. The smallest absolute Gasteiger partial charge is 0.132 e. The summed E-state index contributed by atoms with van der Waals surface area (Å²) in [4.78, 5) is 8.36. The lowest BCUT2D eigenvalue weighted by Gasteiger charge is -1.98. The van der Waals surface area contributed by atoms with Crippen molar-refractivity contribution in [1.82, 2.24) is 4.98 Å². The summed E-state index contributed by atoms with van der Waals surface area (Å²) in [5.74, 6) is 0.535. The van der Waals surface area contributed by atoms with Gasteiger partial charge in [-0.25, -0.2) is 4.98 Å². The summed E-state index contributed by atoms with van der Waals surface area (Å²) in [5.41, 5.74) is 6.56. The maximum Gasteiger partial charge on any atom is 0.132 e. The zero-order chi connectivity index (χ0) is 9.26. The highest BCUT2D eigenvalue weighted by molar-refractivity contribution is 9.10. The van der Waals surface area contributed by atoms with E-state index in [9.17, 15) is 0 Å². The van der Waals surface area contributed by atoms with Crippen molar-refractivity contribution in [3.05, 3.63) is 22.3 Å². The second-order valence-electron chi connectivity index (χ2n) is 3.14. The van der Waals surface area contributed by atoms with E-state index in [1.54, 1.807) is 6.20 Å². The largest absolute Gasteiger partial charge is 0.383 e. The van der Waals surface area contributed by atoms with Crippen molar-refractivity contribution in [3.63, 3.8) is 0 Å². The number of hydrogen-bond acceptors (Lipinski definition) is 3. The number of halogens is 1. The van der Waals surface area contributed by atoms with Crippen LogP contribution in [0.5, 0.6) is 0 Å². The molecule has 3 nitrogen and oxygen atoms in total. The van der Waals surface area contributed by atoms with E-state index >= 15 is 0 Å². The molecule has 4 heteroatoms. The minimum Gasteiger partial charge on any atom is -0.383 e. The van der Waals surface area contributed by atoms with Crippen LogP contribution >= 0.6 is 15.9 Å². The third-order valence-corrected chi connectivity index (χ3v) is 2.32. The van der Waals surface area contributed by atoms with Crippen molar-refractivity contribution < 1.29 is 0 Å². The molecule has 0 aliphatic heterocycles. The predicted molar refractivity (Wildman–Crippen MR) is 57.0 cm³/mol. The molecular weight excluding hydrogens is 230 g/mol.